The van der Waals surface area contributed by atoms with Crippen molar-refractivity contribution in [2.24, 2.45) is 0 Å². The van der Waals surface area contributed by atoms with Crippen LogP contribution in [0, 0.1) is 0 Å². The molecule has 0 unspecified atom stereocenters. The van der Waals surface area contributed by atoms with Crippen LogP contribution in [0.1, 0.15) is 10.4 Å². The van der Waals surface area contributed by atoms with Crippen molar-refractivity contribution in [3.8, 4) is 0 Å². The molecule has 0 heterocycles. The minimum Gasteiger partial charge on any atom is -0.349 e. The molecule has 7 heteroatoms. The Morgan fingerprint density at radius 2 is 1.78 bits per heavy atom. The van der Waals surface area contributed by atoms with Gasteiger partial charge in [-0.05, 0) is 36.4 Å². The van der Waals surface area contributed by atoms with Crippen molar-refractivity contribution in [3.63, 3.8) is 0 Å². The zero-order valence-corrected chi connectivity index (χ0v) is 13.7. The van der Waals surface area contributed by atoms with Gasteiger partial charge in [-0.25, -0.2) is 8.42 Å². The highest BCUT2D eigenvalue weighted by Crippen LogP contribution is 2.21. The SMILES string of the molecule is C=CCNC(=O)c1ccccc1NS(=O)(=O)c1ccc(Cl)cc1. The van der Waals surface area contributed by atoms with Gasteiger partial charge in [0.15, 0.2) is 0 Å². The number of hydrogen-bond donors (Lipinski definition) is 2. The van der Waals surface area contributed by atoms with Gasteiger partial charge in [-0.15, -0.1) is 6.58 Å². The summed E-state index contributed by atoms with van der Waals surface area (Å²) in [6.07, 6.45) is 1.54. The molecule has 0 aliphatic rings. The average molecular weight is 351 g/mol. The fourth-order valence-electron chi connectivity index (χ4n) is 1.85. The highest BCUT2D eigenvalue weighted by atomic mass is 35.5. The molecule has 2 N–H and O–H groups in total. The lowest BCUT2D eigenvalue weighted by Gasteiger charge is -2.12. The number of sulfonamides is 1. The molecule has 0 spiro atoms. The Morgan fingerprint density at radius 1 is 1.13 bits per heavy atom. The summed E-state index contributed by atoms with van der Waals surface area (Å²) in [4.78, 5) is 12.1. The van der Waals surface area contributed by atoms with Crippen LogP contribution in [0.25, 0.3) is 0 Å². The van der Waals surface area contributed by atoms with Crippen molar-refractivity contribution in [2.75, 3.05) is 11.3 Å². The predicted molar refractivity (Wildman–Crippen MR) is 91.2 cm³/mol. The van der Waals surface area contributed by atoms with Crippen LogP contribution in [0.3, 0.4) is 0 Å². The quantitative estimate of drug-likeness (QED) is 0.786. The second-order valence-corrected chi connectivity index (χ2v) is 6.72. The van der Waals surface area contributed by atoms with Gasteiger partial charge in [0.25, 0.3) is 15.9 Å². The zero-order chi connectivity index (χ0) is 16.9. The van der Waals surface area contributed by atoms with Gasteiger partial charge < -0.3 is 5.32 Å². The van der Waals surface area contributed by atoms with E-state index in [0.717, 1.165) is 0 Å². The molecule has 0 bridgehead atoms. The van der Waals surface area contributed by atoms with Crippen molar-refractivity contribution in [2.45, 2.75) is 4.90 Å². The first kappa shape index (κ1) is 17.1. The average Bonchev–Trinajstić information content (AvgIpc) is 2.53. The van der Waals surface area contributed by atoms with E-state index in [2.05, 4.69) is 16.6 Å². The number of para-hydroxylation sites is 1. The first-order chi connectivity index (χ1) is 10.9. The fraction of sp³-hybridized carbons (Fsp3) is 0.0625. The van der Waals surface area contributed by atoms with E-state index in [1.165, 1.54) is 36.4 Å². The fourth-order valence-corrected chi connectivity index (χ4v) is 3.05. The number of nitrogens with one attached hydrogen (secondary N) is 2. The Kier molecular flexibility index (Phi) is 5.41. The lowest BCUT2D eigenvalue weighted by Crippen LogP contribution is -2.25. The number of amides is 1. The van der Waals surface area contributed by atoms with Crippen molar-refractivity contribution >= 4 is 33.2 Å². The molecular weight excluding hydrogens is 336 g/mol. The molecule has 0 saturated heterocycles. The van der Waals surface area contributed by atoms with Crippen LogP contribution >= 0.6 is 11.6 Å². The smallest absolute Gasteiger partial charge is 0.261 e. The molecule has 1 amide bonds. The van der Waals surface area contributed by atoms with E-state index in [1.54, 1.807) is 18.2 Å². The molecule has 120 valence electrons. The predicted octanol–water partition coefficient (Wildman–Crippen LogP) is 3.06. The van der Waals surface area contributed by atoms with Gasteiger partial charge in [-0.2, -0.15) is 0 Å². The molecule has 0 aromatic heterocycles. The number of hydrogen-bond acceptors (Lipinski definition) is 3. The van der Waals surface area contributed by atoms with Crippen LogP contribution in [-0.4, -0.2) is 20.9 Å². The van der Waals surface area contributed by atoms with Crippen molar-refractivity contribution in [1.29, 1.82) is 0 Å². The molecule has 2 rings (SSSR count). The number of rotatable bonds is 6. The molecule has 5 nitrogen and oxygen atoms in total. The van der Waals surface area contributed by atoms with Crippen LogP contribution in [0.2, 0.25) is 5.02 Å². The molecule has 0 atom stereocenters. The first-order valence-corrected chi connectivity index (χ1v) is 8.56. The van der Waals surface area contributed by atoms with Gasteiger partial charge >= 0.3 is 0 Å². The highest BCUT2D eigenvalue weighted by molar-refractivity contribution is 7.92. The topological polar surface area (TPSA) is 75.3 Å². The Hall–Kier alpha value is -2.31. The van der Waals surface area contributed by atoms with E-state index in [9.17, 15) is 13.2 Å². The lowest BCUT2D eigenvalue weighted by atomic mass is 10.1. The van der Waals surface area contributed by atoms with E-state index < -0.39 is 10.0 Å². The highest BCUT2D eigenvalue weighted by Gasteiger charge is 2.18. The summed E-state index contributed by atoms with van der Waals surface area (Å²) < 4.78 is 27.2. The molecular formula is C16H15ClN2O3S. The van der Waals surface area contributed by atoms with Crippen LogP contribution in [0.15, 0.2) is 66.1 Å². The molecule has 23 heavy (non-hydrogen) atoms. The maximum absolute atomic E-state index is 12.4. The van der Waals surface area contributed by atoms with Gasteiger partial charge in [-0.3, -0.25) is 9.52 Å². The van der Waals surface area contributed by atoms with Crippen LogP contribution in [0.5, 0.6) is 0 Å². The third-order valence-electron chi connectivity index (χ3n) is 2.95. The molecule has 0 aliphatic heterocycles. The normalized spacial score (nSPS) is 10.8. The van der Waals surface area contributed by atoms with E-state index in [4.69, 9.17) is 11.6 Å². The zero-order valence-electron chi connectivity index (χ0n) is 12.1. The molecule has 2 aromatic rings. The monoisotopic (exact) mass is 350 g/mol. The summed E-state index contributed by atoms with van der Waals surface area (Å²) in [5.74, 6) is -0.390. The summed E-state index contributed by atoms with van der Waals surface area (Å²) in [7, 11) is -3.82. The van der Waals surface area contributed by atoms with Crippen LogP contribution < -0.4 is 10.0 Å². The summed E-state index contributed by atoms with van der Waals surface area (Å²) in [5, 5.41) is 3.05. The van der Waals surface area contributed by atoms with Gasteiger partial charge in [0.05, 0.1) is 16.1 Å². The second-order valence-electron chi connectivity index (χ2n) is 4.60. The summed E-state index contributed by atoms with van der Waals surface area (Å²) >= 11 is 5.76. The largest absolute Gasteiger partial charge is 0.349 e. The molecule has 0 saturated carbocycles. The number of halogens is 1. The minimum atomic E-state index is -3.82. The van der Waals surface area contributed by atoms with Gasteiger partial charge in [0, 0.05) is 11.6 Å². The molecule has 0 aliphatic carbocycles. The maximum Gasteiger partial charge on any atom is 0.261 e. The van der Waals surface area contributed by atoms with Crippen LogP contribution in [0.4, 0.5) is 5.69 Å². The molecule has 2 aromatic carbocycles. The van der Waals surface area contributed by atoms with E-state index in [1.807, 2.05) is 0 Å². The number of anilines is 1. The number of benzene rings is 2. The number of carbonyl (C=O) groups excluding carboxylic acids is 1. The van der Waals surface area contributed by atoms with E-state index in [0.29, 0.717) is 5.02 Å². The minimum absolute atomic E-state index is 0.0585. The Bertz CT molecular complexity index is 817. The Balaban J connectivity index is 2.31. The van der Waals surface area contributed by atoms with E-state index >= 15 is 0 Å². The first-order valence-electron chi connectivity index (χ1n) is 6.70. The Morgan fingerprint density at radius 3 is 2.43 bits per heavy atom. The number of carbonyl (C=O) groups is 1. The lowest BCUT2D eigenvalue weighted by molar-refractivity contribution is 0.0959. The van der Waals surface area contributed by atoms with E-state index in [-0.39, 0.29) is 28.6 Å². The van der Waals surface area contributed by atoms with Crippen molar-refractivity contribution in [1.82, 2.24) is 5.32 Å². The summed E-state index contributed by atoms with van der Waals surface area (Å²) in [6.45, 7) is 3.81. The summed E-state index contributed by atoms with van der Waals surface area (Å²) in [6, 6.07) is 12.1. The summed E-state index contributed by atoms with van der Waals surface area (Å²) in [5.41, 5.74) is 0.427. The maximum atomic E-state index is 12.4. The van der Waals surface area contributed by atoms with Gasteiger partial charge in [0.2, 0.25) is 0 Å². The molecule has 0 fully saturated rings. The van der Waals surface area contributed by atoms with Crippen LogP contribution in [-0.2, 0) is 10.0 Å². The van der Waals surface area contributed by atoms with Gasteiger partial charge in [-0.1, -0.05) is 29.8 Å². The Labute approximate surface area is 140 Å². The van der Waals surface area contributed by atoms with Gasteiger partial charge in [0.1, 0.15) is 0 Å². The molecule has 0 radical (unpaired) electrons. The third-order valence-corrected chi connectivity index (χ3v) is 4.58. The van der Waals surface area contributed by atoms with Crippen molar-refractivity contribution < 1.29 is 13.2 Å². The second kappa shape index (κ2) is 7.30. The third kappa shape index (κ3) is 4.34. The van der Waals surface area contributed by atoms with Crippen molar-refractivity contribution in [3.05, 3.63) is 71.8 Å². The standard InChI is InChI=1S/C16H15ClN2O3S/c1-2-11-18-16(20)14-5-3-4-6-15(14)19-23(21,22)13-9-7-12(17)8-10-13/h2-10,19H,1,11H2,(H,18,20).